The summed E-state index contributed by atoms with van der Waals surface area (Å²) < 4.78 is 0. The van der Waals surface area contributed by atoms with Crippen molar-refractivity contribution in [2.75, 3.05) is 5.32 Å². The number of nitrogens with two attached hydrogens (primary N) is 1. The second-order valence-electron chi connectivity index (χ2n) is 2.79. The molecule has 70 valence electrons. The molecule has 0 bridgehead atoms. The molecule has 0 aliphatic heterocycles. The molecular formula is C9H11ClN2O. The first-order chi connectivity index (χ1) is 6.09. The Morgan fingerprint density at radius 3 is 2.85 bits per heavy atom. The van der Waals surface area contributed by atoms with Crippen molar-refractivity contribution < 1.29 is 4.79 Å². The van der Waals surface area contributed by atoms with Crippen molar-refractivity contribution in [3.63, 3.8) is 0 Å². The molecule has 0 radical (unpaired) electrons. The highest BCUT2D eigenvalue weighted by molar-refractivity contribution is 6.30. The highest BCUT2D eigenvalue weighted by atomic mass is 35.5. The van der Waals surface area contributed by atoms with E-state index >= 15 is 0 Å². The van der Waals surface area contributed by atoms with E-state index in [-0.39, 0.29) is 5.91 Å². The van der Waals surface area contributed by atoms with Crippen LogP contribution in [-0.4, -0.2) is 11.9 Å². The Kier molecular flexibility index (Phi) is 3.28. The number of rotatable bonds is 2. The Morgan fingerprint density at radius 1 is 1.62 bits per heavy atom. The molecule has 1 aromatic carbocycles. The molecule has 0 saturated heterocycles. The molecule has 0 saturated carbocycles. The first kappa shape index (κ1) is 10.0. The first-order valence-electron chi connectivity index (χ1n) is 3.91. The third-order valence-electron chi connectivity index (χ3n) is 1.51. The van der Waals surface area contributed by atoms with E-state index < -0.39 is 6.04 Å². The second-order valence-corrected chi connectivity index (χ2v) is 3.22. The zero-order valence-corrected chi connectivity index (χ0v) is 8.01. The summed E-state index contributed by atoms with van der Waals surface area (Å²) in [5.74, 6) is -0.220. The van der Waals surface area contributed by atoms with E-state index in [9.17, 15) is 4.79 Å². The minimum Gasteiger partial charge on any atom is -0.325 e. The van der Waals surface area contributed by atoms with E-state index in [4.69, 9.17) is 17.3 Å². The first-order valence-corrected chi connectivity index (χ1v) is 4.29. The number of anilines is 1. The monoisotopic (exact) mass is 198 g/mol. The summed E-state index contributed by atoms with van der Waals surface area (Å²) in [6, 6.07) is 6.41. The minimum absolute atomic E-state index is 0.220. The van der Waals surface area contributed by atoms with E-state index in [2.05, 4.69) is 5.32 Å². The van der Waals surface area contributed by atoms with Crippen LogP contribution in [0.3, 0.4) is 0 Å². The highest BCUT2D eigenvalue weighted by Gasteiger charge is 2.06. The molecule has 0 unspecified atom stereocenters. The fourth-order valence-corrected chi connectivity index (χ4v) is 1.01. The molecule has 3 N–H and O–H groups in total. The van der Waals surface area contributed by atoms with Crippen molar-refractivity contribution in [2.45, 2.75) is 13.0 Å². The maximum atomic E-state index is 11.1. The van der Waals surface area contributed by atoms with Crippen LogP contribution >= 0.6 is 11.6 Å². The third-order valence-corrected chi connectivity index (χ3v) is 1.74. The molecule has 1 rings (SSSR count). The van der Waals surface area contributed by atoms with Gasteiger partial charge < -0.3 is 11.1 Å². The quantitative estimate of drug-likeness (QED) is 0.759. The van der Waals surface area contributed by atoms with E-state index in [1.54, 1.807) is 31.2 Å². The van der Waals surface area contributed by atoms with Gasteiger partial charge in [0, 0.05) is 10.7 Å². The van der Waals surface area contributed by atoms with Crippen LogP contribution in [0.25, 0.3) is 0 Å². The summed E-state index contributed by atoms with van der Waals surface area (Å²) in [6.45, 7) is 1.62. The summed E-state index contributed by atoms with van der Waals surface area (Å²) in [6.07, 6.45) is 0. The van der Waals surface area contributed by atoms with Gasteiger partial charge in [-0.05, 0) is 25.1 Å². The number of benzene rings is 1. The van der Waals surface area contributed by atoms with Gasteiger partial charge in [-0.15, -0.1) is 0 Å². The summed E-state index contributed by atoms with van der Waals surface area (Å²) in [5.41, 5.74) is 6.04. The second kappa shape index (κ2) is 4.25. The molecule has 0 aliphatic rings. The lowest BCUT2D eigenvalue weighted by Crippen LogP contribution is -2.32. The molecular weight excluding hydrogens is 188 g/mol. The number of carbonyl (C=O) groups excluding carboxylic acids is 1. The van der Waals surface area contributed by atoms with E-state index in [0.29, 0.717) is 10.7 Å². The molecule has 0 aliphatic carbocycles. The molecule has 1 aromatic rings. The van der Waals surface area contributed by atoms with Crippen LogP contribution < -0.4 is 11.1 Å². The summed E-state index contributed by atoms with van der Waals surface area (Å²) >= 11 is 5.73. The highest BCUT2D eigenvalue weighted by Crippen LogP contribution is 2.14. The van der Waals surface area contributed by atoms with Crippen LogP contribution in [0.5, 0.6) is 0 Å². The number of nitrogens with one attached hydrogen (secondary N) is 1. The Bertz CT molecular complexity index is 312. The predicted molar refractivity (Wildman–Crippen MR) is 53.7 cm³/mol. The Morgan fingerprint density at radius 2 is 2.31 bits per heavy atom. The van der Waals surface area contributed by atoms with Crippen molar-refractivity contribution in [1.82, 2.24) is 0 Å². The minimum atomic E-state index is -0.515. The molecule has 0 heterocycles. The van der Waals surface area contributed by atoms with E-state index in [1.807, 2.05) is 0 Å². The largest absolute Gasteiger partial charge is 0.325 e. The van der Waals surface area contributed by atoms with Crippen LogP contribution in [0.2, 0.25) is 5.02 Å². The van der Waals surface area contributed by atoms with Gasteiger partial charge >= 0.3 is 0 Å². The van der Waals surface area contributed by atoms with E-state index in [1.165, 1.54) is 0 Å². The van der Waals surface area contributed by atoms with Crippen molar-refractivity contribution in [3.05, 3.63) is 29.3 Å². The predicted octanol–water partition coefficient (Wildman–Crippen LogP) is 1.63. The SMILES string of the molecule is C[C@@H](N)C(=O)Nc1cccc(Cl)c1. The number of hydrogen-bond donors (Lipinski definition) is 2. The average molecular weight is 199 g/mol. The fraction of sp³-hybridized carbons (Fsp3) is 0.222. The van der Waals surface area contributed by atoms with Gasteiger partial charge in [-0.25, -0.2) is 0 Å². The van der Waals surface area contributed by atoms with Gasteiger partial charge in [0.2, 0.25) is 5.91 Å². The normalized spacial score (nSPS) is 12.2. The van der Waals surface area contributed by atoms with Crippen LogP contribution in [0.15, 0.2) is 24.3 Å². The number of halogens is 1. The zero-order valence-electron chi connectivity index (χ0n) is 7.25. The lowest BCUT2D eigenvalue weighted by molar-refractivity contribution is -0.117. The number of carbonyl (C=O) groups is 1. The van der Waals surface area contributed by atoms with Crippen LogP contribution in [-0.2, 0) is 4.79 Å². The zero-order chi connectivity index (χ0) is 9.84. The smallest absolute Gasteiger partial charge is 0.240 e. The molecule has 0 aromatic heterocycles. The summed E-state index contributed by atoms with van der Waals surface area (Å²) in [7, 11) is 0. The summed E-state index contributed by atoms with van der Waals surface area (Å²) in [5, 5.41) is 3.22. The van der Waals surface area contributed by atoms with Gasteiger partial charge in [0.25, 0.3) is 0 Å². The molecule has 1 amide bonds. The van der Waals surface area contributed by atoms with Gasteiger partial charge in [0.1, 0.15) is 0 Å². The summed E-state index contributed by atoms with van der Waals surface area (Å²) in [4.78, 5) is 11.1. The molecule has 0 spiro atoms. The Balaban J connectivity index is 2.69. The lowest BCUT2D eigenvalue weighted by Gasteiger charge is -2.07. The molecule has 3 nitrogen and oxygen atoms in total. The van der Waals surface area contributed by atoms with Crippen molar-refractivity contribution >= 4 is 23.2 Å². The van der Waals surface area contributed by atoms with Gasteiger partial charge in [-0.1, -0.05) is 17.7 Å². The van der Waals surface area contributed by atoms with Crippen LogP contribution in [0.1, 0.15) is 6.92 Å². The number of amides is 1. The van der Waals surface area contributed by atoms with Crippen LogP contribution in [0.4, 0.5) is 5.69 Å². The van der Waals surface area contributed by atoms with E-state index in [0.717, 1.165) is 0 Å². The Labute approximate surface area is 81.9 Å². The van der Waals surface area contributed by atoms with Crippen molar-refractivity contribution in [3.8, 4) is 0 Å². The van der Waals surface area contributed by atoms with Gasteiger partial charge in [0.15, 0.2) is 0 Å². The lowest BCUT2D eigenvalue weighted by atomic mass is 10.3. The molecule has 13 heavy (non-hydrogen) atoms. The van der Waals surface area contributed by atoms with Gasteiger partial charge in [-0.3, -0.25) is 4.79 Å². The molecule has 1 atom stereocenters. The Hall–Kier alpha value is -1.06. The topological polar surface area (TPSA) is 55.1 Å². The third kappa shape index (κ3) is 3.05. The molecule has 4 heteroatoms. The van der Waals surface area contributed by atoms with Crippen molar-refractivity contribution in [1.29, 1.82) is 0 Å². The van der Waals surface area contributed by atoms with Gasteiger partial charge in [-0.2, -0.15) is 0 Å². The fourth-order valence-electron chi connectivity index (χ4n) is 0.822. The molecule has 0 fully saturated rings. The van der Waals surface area contributed by atoms with Crippen molar-refractivity contribution in [2.24, 2.45) is 5.73 Å². The standard InChI is InChI=1S/C9H11ClN2O/c1-6(11)9(13)12-8-4-2-3-7(10)5-8/h2-6H,11H2,1H3,(H,12,13)/t6-/m1/s1. The maximum Gasteiger partial charge on any atom is 0.240 e. The van der Waals surface area contributed by atoms with Crippen LogP contribution in [0, 0.1) is 0 Å². The number of hydrogen-bond acceptors (Lipinski definition) is 2. The maximum absolute atomic E-state index is 11.1. The average Bonchev–Trinajstić information content (AvgIpc) is 2.04. The van der Waals surface area contributed by atoms with Gasteiger partial charge in [0.05, 0.1) is 6.04 Å².